The Bertz CT molecular complexity index is 1740. The number of esters is 1. The normalized spacial score (nSPS) is 18.0. The summed E-state index contributed by atoms with van der Waals surface area (Å²) >= 11 is 3.98. The Labute approximate surface area is 270 Å². The van der Waals surface area contributed by atoms with Gasteiger partial charge in [0.05, 0.1) is 6.20 Å². The number of carbonyl (C=O) groups is 3. The molecule has 6 rings (SSSR count). The average molecular weight is 662 g/mol. The van der Waals surface area contributed by atoms with Gasteiger partial charge in [0, 0.05) is 33.0 Å². The highest BCUT2D eigenvalue weighted by Crippen LogP contribution is 2.45. The predicted molar refractivity (Wildman–Crippen MR) is 172 cm³/mol. The molecule has 4 heterocycles. The molecule has 0 unspecified atom stereocenters. The molecule has 2 aromatic carbocycles. The minimum absolute atomic E-state index is 0.132. The number of nitrogens with zero attached hydrogens (tertiary/aromatic N) is 4. The molecule has 0 bridgehead atoms. The molecule has 2 amide bonds. The number of thiazole rings is 1. The first-order valence-corrected chi connectivity index (χ1v) is 16.6. The van der Waals surface area contributed by atoms with Gasteiger partial charge in [-0.05, 0) is 18.1 Å². The first-order chi connectivity index (χ1) is 21.9. The van der Waals surface area contributed by atoms with Gasteiger partial charge < -0.3 is 21.0 Å². The number of ether oxygens (including phenoxy) is 1. The van der Waals surface area contributed by atoms with E-state index in [0.717, 1.165) is 28.0 Å². The Morgan fingerprint density at radius 1 is 1.20 bits per heavy atom. The van der Waals surface area contributed by atoms with Gasteiger partial charge in [-0.3, -0.25) is 19.6 Å². The van der Waals surface area contributed by atoms with Gasteiger partial charge in [0.15, 0.2) is 16.9 Å². The van der Waals surface area contributed by atoms with Gasteiger partial charge in [0.25, 0.3) is 11.8 Å². The average Bonchev–Trinajstić information content (AvgIpc) is 3.70. The molecule has 2 aromatic heterocycles. The molecule has 0 radical (unpaired) electrons. The Kier molecular flexibility index (Phi) is 8.91. The number of nitrogens with one attached hydrogen (secondary N) is 2. The van der Waals surface area contributed by atoms with Crippen LogP contribution >= 0.6 is 34.9 Å². The fourth-order valence-electron chi connectivity index (χ4n) is 5.01. The van der Waals surface area contributed by atoms with E-state index >= 15 is 0 Å². The van der Waals surface area contributed by atoms with Crippen LogP contribution in [0.15, 0.2) is 88.8 Å². The zero-order valence-corrected chi connectivity index (χ0v) is 26.2. The van der Waals surface area contributed by atoms with Crippen LogP contribution in [0.25, 0.3) is 0 Å². The summed E-state index contributed by atoms with van der Waals surface area (Å²) in [5, 5.41) is 21.8. The van der Waals surface area contributed by atoms with Crippen LogP contribution in [0.3, 0.4) is 0 Å². The molecule has 15 heteroatoms. The second kappa shape index (κ2) is 13.2. The highest BCUT2D eigenvalue weighted by Gasteiger charge is 2.55. The monoisotopic (exact) mass is 661 g/mol. The molecule has 230 valence electrons. The smallest absolute Gasteiger partial charge is 0.356 e. The van der Waals surface area contributed by atoms with Gasteiger partial charge in [0.2, 0.25) is 0 Å². The van der Waals surface area contributed by atoms with Crippen LogP contribution in [0.4, 0.5) is 5.13 Å². The summed E-state index contributed by atoms with van der Waals surface area (Å²) < 4.78 is 6.19. The Balaban J connectivity index is 1.28. The number of fused-ring (bicyclic) bond motifs is 1. The number of hydrogen-bond acceptors (Lipinski definition) is 12. The third kappa shape index (κ3) is 6.18. The summed E-state index contributed by atoms with van der Waals surface area (Å²) in [6.07, 6.45) is 2.75. The molecule has 2 atom stereocenters. The quantitative estimate of drug-likeness (QED) is 0.0643. The van der Waals surface area contributed by atoms with Crippen LogP contribution in [0, 0.1) is 6.92 Å². The molecule has 12 nitrogen and oxygen atoms in total. The predicted octanol–water partition coefficient (Wildman–Crippen LogP) is 3.81. The number of nitrogen functional groups attached to an aromatic ring is 1. The first-order valence-electron chi connectivity index (χ1n) is 13.7. The number of oxime groups is 1. The second-order valence-electron chi connectivity index (χ2n) is 10.0. The summed E-state index contributed by atoms with van der Waals surface area (Å²) in [5.74, 6) is -1.01. The number of anilines is 1. The fourth-order valence-corrected chi connectivity index (χ4v) is 8.25. The third-order valence-corrected chi connectivity index (χ3v) is 10.6. The van der Waals surface area contributed by atoms with Crippen molar-refractivity contribution in [3.63, 3.8) is 0 Å². The van der Waals surface area contributed by atoms with E-state index in [1.54, 1.807) is 19.3 Å². The number of thioether (sulfide) groups is 2. The molecular weight excluding hydrogens is 635 g/mol. The van der Waals surface area contributed by atoms with Crippen molar-refractivity contribution in [1.29, 1.82) is 0 Å². The van der Waals surface area contributed by atoms with Crippen molar-refractivity contribution in [2.75, 3.05) is 11.5 Å². The SMILES string of the molecule is Cc1sc(N)nc1/C(=N/O)C(=O)N[C@@H]1C(=O)N2C(C(=O)OC(c3ccccc3)c3ccccc3)=C(SCc3cn[nH]c3)CS[C@H]12. The molecular formula is C30H27N7O5S3. The number of amides is 2. The van der Waals surface area contributed by atoms with Gasteiger partial charge in [-0.2, -0.15) is 5.10 Å². The van der Waals surface area contributed by atoms with Crippen LogP contribution in [0.5, 0.6) is 0 Å². The number of benzene rings is 2. The molecule has 0 saturated carbocycles. The van der Waals surface area contributed by atoms with E-state index in [9.17, 15) is 19.6 Å². The lowest BCUT2D eigenvalue weighted by Crippen LogP contribution is -2.71. The molecule has 1 saturated heterocycles. The van der Waals surface area contributed by atoms with E-state index in [-0.39, 0.29) is 22.2 Å². The van der Waals surface area contributed by atoms with Crippen LogP contribution in [-0.4, -0.2) is 66.0 Å². The minimum Gasteiger partial charge on any atom is -0.448 e. The minimum atomic E-state index is -0.974. The largest absolute Gasteiger partial charge is 0.448 e. The van der Waals surface area contributed by atoms with Crippen molar-refractivity contribution in [2.45, 2.75) is 30.2 Å². The highest BCUT2D eigenvalue weighted by atomic mass is 32.2. The molecule has 1 fully saturated rings. The van der Waals surface area contributed by atoms with Crippen LogP contribution < -0.4 is 11.1 Å². The summed E-state index contributed by atoms with van der Waals surface area (Å²) in [4.78, 5) is 47.6. The van der Waals surface area contributed by atoms with Crippen molar-refractivity contribution >= 4 is 63.5 Å². The van der Waals surface area contributed by atoms with Crippen molar-refractivity contribution in [3.8, 4) is 0 Å². The van der Waals surface area contributed by atoms with Gasteiger partial charge >= 0.3 is 5.97 Å². The summed E-state index contributed by atoms with van der Waals surface area (Å²) in [7, 11) is 0. The molecule has 0 spiro atoms. The molecule has 2 aliphatic heterocycles. The van der Waals surface area contributed by atoms with Gasteiger partial charge in [0.1, 0.15) is 22.8 Å². The Morgan fingerprint density at radius 3 is 2.47 bits per heavy atom. The molecule has 4 aromatic rings. The standard InChI is InChI=1S/C30H27N7O5S3/c1-16-21(35-30(31)45-16)22(36-41)26(38)34-23-27(39)37-24(20(15-44-28(23)37)43-14-17-12-32-33-13-17)29(40)42-25(18-8-4-2-5-9-18)19-10-6-3-7-11-19/h2-13,23,25,28,41H,14-15H2,1H3,(H2,31,35)(H,32,33)(H,34,38)/b36-22-/t23-,28-/m1/s1. The van der Waals surface area contributed by atoms with E-state index in [1.165, 1.54) is 28.4 Å². The van der Waals surface area contributed by atoms with Crippen molar-refractivity contribution in [3.05, 3.63) is 111 Å². The molecule has 0 aliphatic carbocycles. The van der Waals surface area contributed by atoms with Gasteiger partial charge in [-0.1, -0.05) is 65.8 Å². The molecule has 45 heavy (non-hydrogen) atoms. The van der Waals surface area contributed by atoms with E-state index in [0.29, 0.717) is 21.3 Å². The lowest BCUT2D eigenvalue weighted by molar-refractivity contribution is -0.154. The zero-order chi connectivity index (χ0) is 31.5. The number of rotatable bonds is 10. The second-order valence-corrected chi connectivity index (χ2v) is 13.5. The third-order valence-electron chi connectivity index (χ3n) is 7.16. The van der Waals surface area contributed by atoms with Gasteiger partial charge in [-0.15, -0.1) is 34.9 Å². The number of aromatic nitrogens is 3. The van der Waals surface area contributed by atoms with Crippen LogP contribution in [-0.2, 0) is 24.9 Å². The lowest BCUT2D eigenvalue weighted by atomic mass is 10.0. The van der Waals surface area contributed by atoms with Gasteiger partial charge in [-0.25, -0.2) is 9.78 Å². The van der Waals surface area contributed by atoms with Crippen LogP contribution in [0.2, 0.25) is 0 Å². The number of nitrogens with two attached hydrogens (primary N) is 1. The number of aryl methyl sites for hydroxylation is 1. The van der Waals surface area contributed by atoms with Crippen LogP contribution in [0.1, 0.15) is 33.4 Å². The topological polar surface area (TPSA) is 176 Å². The highest BCUT2D eigenvalue weighted by molar-refractivity contribution is 8.05. The maximum Gasteiger partial charge on any atom is 0.356 e. The number of β-lactam (4-membered cyclic amide) rings is 1. The fraction of sp³-hybridized carbons (Fsp3) is 0.200. The maximum atomic E-state index is 14.1. The Hall–Kier alpha value is -4.60. The zero-order valence-electron chi connectivity index (χ0n) is 23.7. The Morgan fingerprint density at radius 2 is 1.89 bits per heavy atom. The molecule has 2 aliphatic rings. The molecule has 5 N–H and O–H groups in total. The lowest BCUT2D eigenvalue weighted by Gasteiger charge is -2.49. The maximum absolute atomic E-state index is 14.1. The van der Waals surface area contributed by atoms with E-state index in [4.69, 9.17) is 10.5 Å². The number of carbonyl (C=O) groups excluding carboxylic acids is 3. The summed E-state index contributed by atoms with van der Waals surface area (Å²) in [6, 6.07) is 17.8. The van der Waals surface area contributed by atoms with Crippen molar-refractivity contribution in [1.82, 2.24) is 25.4 Å². The number of hydrogen-bond donors (Lipinski definition) is 4. The summed E-state index contributed by atoms with van der Waals surface area (Å²) in [6.45, 7) is 1.69. The van der Waals surface area contributed by atoms with Crippen molar-refractivity contribution < 1.29 is 24.3 Å². The first kappa shape index (κ1) is 30.4. The number of H-pyrrole nitrogens is 1. The number of aromatic amines is 1. The van der Waals surface area contributed by atoms with Crippen molar-refractivity contribution in [2.24, 2.45) is 5.16 Å². The van der Waals surface area contributed by atoms with E-state index in [1.807, 2.05) is 60.7 Å². The van der Waals surface area contributed by atoms with E-state index < -0.39 is 35.3 Å². The summed E-state index contributed by atoms with van der Waals surface area (Å²) in [5.41, 5.74) is 8.16. The van der Waals surface area contributed by atoms with E-state index in [2.05, 4.69) is 25.7 Å².